The van der Waals surface area contributed by atoms with Crippen LogP contribution in [0.4, 0.5) is 0 Å². The summed E-state index contributed by atoms with van der Waals surface area (Å²) in [6.45, 7) is 0. The lowest BCUT2D eigenvalue weighted by Crippen LogP contribution is -2.46. The SMILES string of the molecule is c1ccc([C@H]2OO[C@@H]3[C@H]4CC[C@H](C4)[C@]3(c3ccccc3)OO2)cc1. The van der Waals surface area contributed by atoms with Crippen LogP contribution in [0.5, 0.6) is 0 Å². The van der Waals surface area contributed by atoms with E-state index in [0.717, 1.165) is 30.4 Å². The van der Waals surface area contributed by atoms with Crippen LogP contribution in [0.3, 0.4) is 0 Å². The van der Waals surface area contributed by atoms with E-state index in [1.807, 2.05) is 48.5 Å². The summed E-state index contributed by atoms with van der Waals surface area (Å²) in [6.07, 6.45) is 2.59. The smallest absolute Gasteiger partial charge is 0.226 e. The van der Waals surface area contributed by atoms with Crippen LogP contribution in [-0.4, -0.2) is 6.10 Å². The molecule has 0 amide bonds. The number of hydrogen-bond donors (Lipinski definition) is 0. The molecular formula is C20H20O4. The number of rotatable bonds is 2. The first-order chi connectivity index (χ1) is 11.9. The van der Waals surface area contributed by atoms with Crippen molar-refractivity contribution in [1.82, 2.24) is 0 Å². The molecule has 2 bridgehead atoms. The molecule has 1 saturated heterocycles. The van der Waals surface area contributed by atoms with Crippen molar-refractivity contribution in [3.63, 3.8) is 0 Å². The number of benzene rings is 2. The van der Waals surface area contributed by atoms with E-state index in [1.54, 1.807) is 0 Å². The molecule has 124 valence electrons. The van der Waals surface area contributed by atoms with Crippen LogP contribution < -0.4 is 0 Å². The highest BCUT2D eigenvalue weighted by atomic mass is 17.3. The van der Waals surface area contributed by atoms with E-state index in [2.05, 4.69) is 12.1 Å². The molecule has 2 saturated carbocycles. The van der Waals surface area contributed by atoms with Crippen molar-refractivity contribution in [3.05, 3.63) is 71.8 Å². The minimum atomic E-state index is -0.670. The van der Waals surface area contributed by atoms with Gasteiger partial charge in [-0.15, -0.1) is 0 Å². The largest absolute Gasteiger partial charge is 0.249 e. The zero-order chi connectivity index (χ0) is 16.0. The maximum atomic E-state index is 6.15. The summed E-state index contributed by atoms with van der Waals surface area (Å²) in [5.41, 5.74) is 1.42. The summed E-state index contributed by atoms with van der Waals surface area (Å²) in [5, 5.41) is 0. The van der Waals surface area contributed by atoms with Gasteiger partial charge in [-0.25, -0.2) is 9.78 Å². The molecule has 0 spiro atoms. The third-order valence-corrected chi connectivity index (χ3v) is 5.75. The van der Waals surface area contributed by atoms with Crippen molar-refractivity contribution in [2.45, 2.75) is 37.3 Å². The molecule has 3 aliphatic rings. The molecule has 4 nitrogen and oxygen atoms in total. The first-order valence-electron chi connectivity index (χ1n) is 8.65. The third-order valence-electron chi connectivity index (χ3n) is 5.75. The van der Waals surface area contributed by atoms with Crippen molar-refractivity contribution in [2.75, 3.05) is 0 Å². The highest BCUT2D eigenvalue weighted by molar-refractivity contribution is 5.29. The van der Waals surface area contributed by atoms with E-state index in [4.69, 9.17) is 19.6 Å². The van der Waals surface area contributed by atoms with Gasteiger partial charge in [0.1, 0.15) is 6.10 Å². The maximum absolute atomic E-state index is 6.15. The molecule has 1 aliphatic heterocycles. The predicted octanol–water partition coefficient (Wildman–Crippen LogP) is 4.29. The lowest BCUT2D eigenvalue weighted by Gasteiger charge is -2.39. The van der Waals surface area contributed by atoms with Gasteiger partial charge in [-0.2, -0.15) is 9.78 Å². The molecule has 3 fully saturated rings. The molecule has 2 aromatic carbocycles. The van der Waals surface area contributed by atoms with E-state index in [-0.39, 0.29) is 6.10 Å². The molecule has 2 aromatic rings. The highest BCUT2D eigenvalue weighted by Gasteiger charge is 2.64. The highest BCUT2D eigenvalue weighted by Crippen LogP contribution is 2.60. The summed E-state index contributed by atoms with van der Waals surface area (Å²) >= 11 is 0. The molecule has 1 heterocycles. The zero-order valence-electron chi connectivity index (χ0n) is 13.3. The molecule has 5 rings (SSSR count). The monoisotopic (exact) mass is 324 g/mol. The Kier molecular flexibility index (Phi) is 3.45. The molecule has 5 atom stereocenters. The summed E-state index contributed by atoms with van der Waals surface area (Å²) < 4.78 is 0. The fourth-order valence-electron chi connectivity index (χ4n) is 4.65. The fourth-order valence-corrected chi connectivity index (χ4v) is 4.65. The van der Waals surface area contributed by atoms with Crippen LogP contribution in [0.1, 0.15) is 36.7 Å². The molecule has 24 heavy (non-hydrogen) atoms. The second-order valence-electron chi connectivity index (χ2n) is 6.96. The van der Waals surface area contributed by atoms with Gasteiger partial charge in [0.05, 0.1) is 0 Å². The summed E-state index contributed by atoms with van der Waals surface area (Å²) in [5.74, 6) is 0.848. The Morgan fingerprint density at radius 1 is 0.792 bits per heavy atom. The minimum Gasteiger partial charge on any atom is -0.226 e. The number of fused-ring (bicyclic) bond motifs is 5. The average Bonchev–Trinajstić information content (AvgIpc) is 3.18. The molecule has 0 aromatic heterocycles. The Bertz CT molecular complexity index is 704. The lowest BCUT2D eigenvalue weighted by atomic mass is 9.77. The molecule has 0 unspecified atom stereocenters. The van der Waals surface area contributed by atoms with Crippen LogP contribution in [0.2, 0.25) is 0 Å². The Balaban J connectivity index is 1.52. The van der Waals surface area contributed by atoms with Crippen molar-refractivity contribution in [2.24, 2.45) is 11.8 Å². The normalized spacial score (nSPS) is 37.8. The maximum Gasteiger partial charge on any atom is 0.249 e. The second-order valence-corrected chi connectivity index (χ2v) is 6.96. The van der Waals surface area contributed by atoms with Crippen molar-refractivity contribution in [1.29, 1.82) is 0 Å². The van der Waals surface area contributed by atoms with Gasteiger partial charge in [0.25, 0.3) is 0 Å². The van der Waals surface area contributed by atoms with Gasteiger partial charge in [-0.1, -0.05) is 60.7 Å². The molecule has 0 radical (unpaired) electrons. The average molecular weight is 324 g/mol. The van der Waals surface area contributed by atoms with E-state index < -0.39 is 11.9 Å². The summed E-state index contributed by atoms with van der Waals surface area (Å²) in [6, 6.07) is 20.0. The Morgan fingerprint density at radius 2 is 1.54 bits per heavy atom. The molecule has 4 heteroatoms. The van der Waals surface area contributed by atoms with E-state index in [0.29, 0.717) is 11.8 Å². The van der Waals surface area contributed by atoms with Crippen LogP contribution in [-0.2, 0) is 25.2 Å². The van der Waals surface area contributed by atoms with Gasteiger partial charge < -0.3 is 0 Å². The quantitative estimate of drug-likeness (QED) is 0.772. The first-order valence-corrected chi connectivity index (χ1v) is 8.65. The van der Waals surface area contributed by atoms with Gasteiger partial charge in [0.2, 0.25) is 6.29 Å². The topological polar surface area (TPSA) is 36.9 Å². The van der Waals surface area contributed by atoms with Gasteiger partial charge in [-0.3, -0.25) is 0 Å². The van der Waals surface area contributed by atoms with Crippen molar-refractivity contribution >= 4 is 0 Å². The first kappa shape index (κ1) is 14.6. The Hall–Kier alpha value is -1.72. The van der Waals surface area contributed by atoms with Gasteiger partial charge >= 0.3 is 0 Å². The van der Waals surface area contributed by atoms with Crippen LogP contribution in [0, 0.1) is 11.8 Å². The summed E-state index contributed by atoms with van der Waals surface area (Å²) in [7, 11) is 0. The standard InChI is InChI=1S/C20H20O4/c1-3-7-14(8-4-1)19-22-21-18-15-11-12-17(13-15)20(18,24-23-19)16-9-5-2-6-10-16/h1-10,15,17-19H,11-13H2/t15-,17+,18+,19-,20-/m0/s1. The Morgan fingerprint density at radius 3 is 2.33 bits per heavy atom. The molecular weight excluding hydrogens is 304 g/mol. The van der Waals surface area contributed by atoms with Gasteiger partial charge in [0, 0.05) is 5.56 Å². The van der Waals surface area contributed by atoms with E-state index >= 15 is 0 Å². The van der Waals surface area contributed by atoms with Gasteiger partial charge in [-0.05, 0) is 36.7 Å². The van der Waals surface area contributed by atoms with Crippen LogP contribution in [0.25, 0.3) is 0 Å². The predicted molar refractivity (Wildman–Crippen MR) is 86.3 cm³/mol. The second kappa shape index (κ2) is 5.67. The van der Waals surface area contributed by atoms with Gasteiger partial charge in [0.15, 0.2) is 5.60 Å². The Labute approximate surface area is 141 Å². The van der Waals surface area contributed by atoms with Crippen molar-refractivity contribution in [3.8, 4) is 0 Å². The van der Waals surface area contributed by atoms with Crippen LogP contribution in [0.15, 0.2) is 60.7 Å². The van der Waals surface area contributed by atoms with Crippen LogP contribution >= 0.6 is 0 Å². The fraction of sp³-hybridized carbons (Fsp3) is 0.400. The van der Waals surface area contributed by atoms with E-state index in [9.17, 15) is 0 Å². The molecule has 2 aliphatic carbocycles. The minimum absolute atomic E-state index is 0.132. The molecule has 0 N–H and O–H groups in total. The van der Waals surface area contributed by atoms with Crippen molar-refractivity contribution < 1.29 is 19.6 Å². The lowest BCUT2D eigenvalue weighted by molar-refractivity contribution is -0.450. The number of hydrogen-bond acceptors (Lipinski definition) is 4. The third kappa shape index (κ3) is 2.07. The summed E-state index contributed by atoms with van der Waals surface area (Å²) in [4.78, 5) is 23.5. The van der Waals surface area contributed by atoms with E-state index in [1.165, 1.54) is 0 Å². The zero-order valence-corrected chi connectivity index (χ0v) is 13.3.